The summed E-state index contributed by atoms with van der Waals surface area (Å²) in [4.78, 5) is 23.6. The van der Waals surface area contributed by atoms with E-state index in [1.165, 1.54) is 0 Å². The molecule has 2 N–H and O–H groups in total. The van der Waals surface area contributed by atoms with E-state index in [1.54, 1.807) is 0 Å². The van der Waals surface area contributed by atoms with Crippen LogP contribution in [0.25, 0.3) is 0 Å². The molecule has 0 unspecified atom stereocenters. The number of rotatable bonds is 5. The minimum atomic E-state index is -0.787. The van der Waals surface area contributed by atoms with E-state index in [-0.39, 0.29) is 12.3 Å². The number of piperidine rings is 1. The quantitative estimate of drug-likeness (QED) is 0.860. The molecular weight excluding hydrogens is 258 g/mol. The van der Waals surface area contributed by atoms with Crippen LogP contribution in [0.1, 0.15) is 24.8 Å². The van der Waals surface area contributed by atoms with Gasteiger partial charge in [-0.15, -0.1) is 0 Å². The molecule has 1 aromatic carbocycles. The summed E-state index contributed by atoms with van der Waals surface area (Å²) in [5.74, 6) is -1.71. The minimum Gasteiger partial charge on any atom is -0.481 e. The molecule has 5 heteroatoms. The number of carbonyl (C=O) groups is 2. The Morgan fingerprint density at radius 1 is 1.10 bits per heavy atom. The van der Waals surface area contributed by atoms with E-state index < -0.39 is 11.9 Å². The topological polar surface area (TPSA) is 77.8 Å². The largest absolute Gasteiger partial charge is 0.481 e. The van der Waals surface area contributed by atoms with Crippen LogP contribution in [0.5, 0.6) is 0 Å². The fraction of sp³-hybridized carbons (Fsp3) is 0.467. The van der Waals surface area contributed by atoms with Gasteiger partial charge in [-0.1, -0.05) is 12.1 Å². The highest BCUT2D eigenvalue weighted by Gasteiger charge is 2.24. The molecule has 0 aliphatic carbocycles. The number of carboxylic acids is 2. The lowest BCUT2D eigenvalue weighted by Gasteiger charge is -2.32. The summed E-state index contributed by atoms with van der Waals surface area (Å²) in [7, 11) is 0. The summed E-state index contributed by atoms with van der Waals surface area (Å²) < 4.78 is 0. The SMILES string of the molecule is O=C(O)CCc1ccc(N2CCC(C(=O)O)CC2)cc1. The second kappa shape index (κ2) is 6.41. The van der Waals surface area contributed by atoms with Gasteiger partial charge in [-0.3, -0.25) is 9.59 Å². The van der Waals surface area contributed by atoms with E-state index in [0.717, 1.165) is 24.3 Å². The molecule has 2 rings (SSSR count). The molecule has 20 heavy (non-hydrogen) atoms. The van der Waals surface area contributed by atoms with Crippen LogP contribution in [0.2, 0.25) is 0 Å². The van der Waals surface area contributed by atoms with Gasteiger partial charge in [-0.05, 0) is 37.0 Å². The summed E-state index contributed by atoms with van der Waals surface area (Å²) >= 11 is 0. The van der Waals surface area contributed by atoms with Crippen LogP contribution in [0.3, 0.4) is 0 Å². The van der Waals surface area contributed by atoms with Crippen molar-refractivity contribution in [3.63, 3.8) is 0 Å². The van der Waals surface area contributed by atoms with Gasteiger partial charge < -0.3 is 15.1 Å². The molecule has 1 saturated heterocycles. The Labute approximate surface area is 117 Å². The zero-order chi connectivity index (χ0) is 14.5. The van der Waals surface area contributed by atoms with Crippen LogP contribution in [0, 0.1) is 5.92 Å². The lowest BCUT2D eigenvalue weighted by atomic mass is 9.96. The molecule has 0 amide bonds. The van der Waals surface area contributed by atoms with Crippen molar-refractivity contribution in [3.8, 4) is 0 Å². The predicted molar refractivity (Wildman–Crippen MR) is 75.0 cm³/mol. The van der Waals surface area contributed by atoms with Gasteiger partial charge in [-0.2, -0.15) is 0 Å². The smallest absolute Gasteiger partial charge is 0.306 e. The molecule has 1 aliphatic rings. The van der Waals surface area contributed by atoms with Crippen LogP contribution < -0.4 is 4.90 Å². The van der Waals surface area contributed by atoms with Crippen LogP contribution in [0.15, 0.2) is 24.3 Å². The Balaban J connectivity index is 1.90. The molecule has 1 aliphatic heterocycles. The van der Waals surface area contributed by atoms with E-state index in [0.29, 0.717) is 19.3 Å². The second-order valence-corrected chi connectivity index (χ2v) is 5.16. The Hall–Kier alpha value is -2.04. The zero-order valence-electron chi connectivity index (χ0n) is 11.3. The van der Waals surface area contributed by atoms with Crippen molar-refractivity contribution in [2.45, 2.75) is 25.7 Å². The third-order valence-electron chi connectivity index (χ3n) is 3.77. The third kappa shape index (κ3) is 3.73. The fourth-order valence-corrected chi connectivity index (χ4v) is 2.51. The Morgan fingerprint density at radius 2 is 1.70 bits per heavy atom. The van der Waals surface area contributed by atoms with Crippen LogP contribution >= 0.6 is 0 Å². The second-order valence-electron chi connectivity index (χ2n) is 5.16. The summed E-state index contributed by atoms with van der Waals surface area (Å²) in [5.41, 5.74) is 2.09. The number of carboxylic acid groups (broad SMARTS) is 2. The standard InChI is InChI=1S/C15H19NO4/c17-14(18)6-3-11-1-4-13(5-2-11)16-9-7-12(8-10-16)15(19)20/h1-2,4-5,12H,3,6-10H2,(H,17,18)(H,19,20). The number of hydrogen-bond acceptors (Lipinski definition) is 3. The average Bonchev–Trinajstić information content (AvgIpc) is 2.46. The van der Waals surface area contributed by atoms with Gasteiger partial charge in [0.2, 0.25) is 0 Å². The van der Waals surface area contributed by atoms with Crippen molar-refractivity contribution < 1.29 is 19.8 Å². The molecule has 0 bridgehead atoms. The van der Waals surface area contributed by atoms with Crippen molar-refractivity contribution in [2.75, 3.05) is 18.0 Å². The van der Waals surface area contributed by atoms with Gasteiger partial charge in [0.05, 0.1) is 5.92 Å². The maximum absolute atomic E-state index is 10.9. The first-order chi connectivity index (χ1) is 9.56. The lowest BCUT2D eigenvalue weighted by Crippen LogP contribution is -2.36. The van der Waals surface area contributed by atoms with Crippen molar-refractivity contribution >= 4 is 17.6 Å². The van der Waals surface area contributed by atoms with Crippen molar-refractivity contribution in [1.82, 2.24) is 0 Å². The Bertz CT molecular complexity index is 475. The van der Waals surface area contributed by atoms with E-state index in [2.05, 4.69) is 4.90 Å². The van der Waals surface area contributed by atoms with E-state index in [1.807, 2.05) is 24.3 Å². The molecule has 108 valence electrons. The maximum Gasteiger partial charge on any atom is 0.306 e. The monoisotopic (exact) mass is 277 g/mol. The molecule has 0 aromatic heterocycles. The summed E-state index contributed by atoms with van der Waals surface area (Å²) in [5, 5.41) is 17.6. The highest BCUT2D eigenvalue weighted by molar-refractivity contribution is 5.70. The normalized spacial score (nSPS) is 16.1. The highest BCUT2D eigenvalue weighted by atomic mass is 16.4. The highest BCUT2D eigenvalue weighted by Crippen LogP contribution is 2.24. The van der Waals surface area contributed by atoms with Gasteiger partial charge in [0.1, 0.15) is 0 Å². The lowest BCUT2D eigenvalue weighted by molar-refractivity contribution is -0.142. The molecular formula is C15H19NO4. The van der Waals surface area contributed by atoms with E-state index in [4.69, 9.17) is 10.2 Å². The molecule has 0 atom stereocenters. The summed E-state index contributed by atoms with van der Waals surface area (Å²) in [6, 6.07) is 7.86. The molecule has 1 heterocycles. The Morgan fingerprint density at radius 3 is 2.20 bits per heavy atom. The van der Waals surface area contributed by atoms with Crippen LogP contribution in [0.4, 0.5) is 5.69 Å². The minimum absolute atomic E-state index is 0.142. The Kier molecular flexibility index (Phi) is 4.61. The molecule has 1 fully saturated rings. The molecule has 0 radical (unpaired) electrons. The molecule has 1 aromatic rings. The number of benzene rings is 1. The number of aryl methyl sites for hydroxylation is 1. The average molecular weight is 277 g/mol. The molecule has 0 saturated carbocycles. The summed E-state index contributed by atoms with van der Waals surface area (Å²) in [6.07, 6.45) is 2.03. The molecule has 0 spiro atoms. The van der Waals surface area contributed by atoms with Gasteiger partial charge in [0.25, 0.3) is 0 Å². The van der Waals surface area contributed by atoms with E-state index >= 15 is 0 Å². The number of nitrogens with zero attached hydrogens (tertiary/aromatic N) is 1. The fourth-order valence-electron chi connectivity index (χ4n) is 2.51. The van der Waals surface area contributed by atoms with Crippen molar-refractivity contribution in [1.29, 1.82) is 0 Å². The van der Waals surface area contributed by atoms with Crippen LogP contribution in [-0.4, -0.2) is 35.2 Å². The molecule has 5 nitrogen and oxygen atoms in total. The number of aliphatic carboxylic acids is 2. The van der Waals surface area contributed by atoms with Gasteiger partial charge in [0, 0.05) is 25.2 Å². The van der Waals surface area contributed by atoms with Gasteiger partial charge in [0.15, 0.2) is 0 Å². The van der Waals surface area contributed by atoms with Crippen molar-refractivity contribution in [2.24, 2.45) is 5.92 Å². The first-order valence-corrected chi connectivity index (χ1v) is 6.85. The summed E-state index contributed by atoms with van der Waals surface area (Å²) in [6.45, 7) is 1.51. The van der Waals surface area contributed by atoms with Crippen LogP contribution in [-0.2, 0) is 16.0 Å². The third-order valence-corrected chi connectivity index (χ3v) is 3.77. The van der Waals surface area contributed by atoms with Gasteiger partial charge >= 0.3 is 11.9 Å². The number of anilines is 1. The van der Waals surface area contributed by atoms with Gasteiger partial charge in [-0.25, -0.2) is 0 Å². The number of hydrogen-bond donors (Lipinski definition) is 2. The van der Waals surface area contributed by atoms with Crippen molar-refractivity contribution in [3.05, 3.63) is 29.8 Å². The predicted octanol–water partition coefficient (Wildman–Crippen LogP) is 2.00. The van der Waals surface area contributed by atoms with E-state index in [9.17, 15) is 9.59 Å². The first-order valence-electron chi connectivity index (χ1n) is 6.85. The maximum atomic E-state index is 10.9. The first kappa shape index (κ1) is 14.4. The zero-order valence-corrected chi connectivity index (χ0v) is 11.3.